The highest BCUT2D eigenvalue weighted by Gasteiger charge is 2.31. The Balaban J connectivity index is 2.19. The normalized spacial score (nSPS) is 26.8. The minimum atomic E-state index is 0.110. The Kier molecular flexibility index (Phi) is 5.07. The third kappa shape index (κ3) is 4.52. The summed E-state index contributed by atoms with van der Waals surface area (Å²) in [7, 11) is 0. The lowest BCUT2D eigenvalue weighted by Crippen LogP contribution is -2.36. The fourth-order valence-electron chi connectivity index (χ4n) is 2.32. The number of rotatable bonds is 6. The molecule has 2 nitrogen and oxygen atoms in total. The summed E-state index contributed by atoms with van der Waals surface area (Å²) in [6.07, 6.45) is 6.62. The zero-order valence-corrected chi connectivity index (χ0v) is 10.8. The van der Waals surface area contributed by atoms with Gasteiger partial charge < -0.3 is 10.1 Å². The Labute approximate surface area is 94.8 Å². The SMILES string of the molecule is CCCC(CC)NCC1CCC(C)(C)O1. The molecular formula is C13H27NO. The largest absolute Gasteiger partial charge is 0.371 e. The first-order chi connectivity index (χ1) is 7.07. The molecule has 0 aromatic carbocycles. The molecule has 15 heavy (non-hydrogen) atoms. The molecule has 0 aromatic heterocycles. The summed E-state index contributed by atoms with van der Waals surface area (Å²) in [6.45, 7) is 9.92. The topological polar surface area (TPSA) is 21.3 Å². The van der Waals surface area contributed by atoms with Gasteiger partial charge in [-0.2, -0.15) is 0 Å². The summed E-state index contributed by atoms with van der Waals surface area (Å²) in [4.78, 5) is 0. The molecule has 90 valence electrons. The first kappa shape index (κ1) is 13.0. The Bertz CT molecular complexity index is 179. The summed E-state index contributed by atoms with van der Waals surface area (Å²) in [5.41, 5.74) is 0.110. The van der Waals surface area contributed by atoms with Gasteiger partial charge in [0.15, 0.2) is 0 Å². The molecule has 0 amide bonds. The molecule has 1 saturated heterocycles. The average Bonchev–Trinajstić information content (AvgIpc) is 2.53. The van der Waals surface area contributed by atoms with E-state index in [1.807, 2.05) is 0 Å². The van der Waals surface area contributed by atoms with Gasteiger partial charge in [0.05, 0.1) is 11.7 Å². The van der Waals surface area contributed by atoms with Crippen molar-refractivity contribution in [2.45, 2.75) is 77.5 Å². The quantitative estimate of drug-likeness (QED) is 0.732. The maximum Gasteiger partial charge on any atom is 0.0707 e. The summed E-state index contributed by atoms with van der Waals surface area (Å²) < 4.78 is 5.96. The van der Waals surface area contributed by atoms with Crippen molar-refractivity contribution < 1.29 is 4.74 Å². The van der Waals surface area contributed by atoms with E-state index >= 15 is 0 Å². The second kappa shape index (κ2) is 5.86. The molecule has 0 radical (unpaired) electrons. The van der Waals surface area contributed by atoms with Crippen molar-refractivity contribution in [2.75, 3.05) is 6.54 Å². The van der Waals surface area contributed by atoms with Gasteiger partial charge in [0.1, 0.15) is 0 Å². The third-order valence-electron chi connectivity index (χ3n) is 3.32. The monoisotopic (exact) mass is 213 g/mol. The molecule has 1 aliphatic heterocycles. The lowest BCUT2D eigenvalue weighted by Gasteiger charge is -2.22. The standard InChI is InChI=1S/C13H27NO/c1-5-7-11(6-2)14-10-12-8-9-13(3,4)15-12/h11-12,14H,5-10H2,1-4H3. The number of ether oxygens (including phenoxy) is 1. The summed E-state index contributed by atoms with van der Waals surface area (Å²) in [6, 6.07) is 0.683. The van der Waals surface area contributed by atoms with E-state index < -0.39 is 0 Å². The van der Waals surface area contributed by atoms with Crippen LogP contribution < -0.4 is 5.32 Å². The van der Waals surface area contributed by atoms with Crippen LogP contribution in [-0.2, 0) is 4.74 Å². The predicted molar refractivity (Wildman–Crippen MR) is 65.2 cm³/mol. The molecule has 1 fully saturated rings. The van der Waals surface area contributed by atoms with Gasteiger partial charge in [-0.25, -0.2) is 0 Å². The molecule has 1 heterocycles. The van der Waals surface area contributed by atoms with E-state index in [9.17, 15) is 0 Å². The van der Waals surface area contributed by atoms with Crippen LogP contribution in [0.2, 0.25) is 0 Å². The van der Waals surface area contributed by atoms with E-state index in [0.717, 1.165) is 6.54 Å². The molecule has 0 aromatic rings. The first-order valence-corrected chi connectivity index (χ1v) is 6.48. The van der Waals surface area contributed by atoms with Crippen LogP contribution in [0, 0.1) is 0 Å². The summed E-state index contributed by atoms with van der Waals surface area (Å²) >= 11 is 0. The van der Waals surface area contributed by atoms with Gasteiger partial charge in [-0.05, 0) is 39.5 Å². The minimum absolute atomic E-state index is 0.110. The Morgan fingerprint density at radius 1 is 1.40 bits per heavy atom. The predicted octanol–water partition coefficient (Wildman–Crippen LogP) is 3.11. The Hall–Kier alpha value is -0.0800. The van der Waals surface area contributed by atoms with Gasteiger partial charge >= 0.3 is 0 Å². The first-order valence-electron chi connectivity index (χ1n) is 6.48. The van der Waals surface area contributed by atoms with Crippen LogP contribution in [0.15, 0.2) is 0 Å². The van der Waals surface area contributed by atoms with Gasteiger partial charge in [0, 0.05) is 12.6 Å². The molecule has 2 unspecified atom stereocenters. The maximum atomic E-state index is 5.96. The van der Waals surface area contributed by atoms with Crippen molar-refractivity contribution in [1.82, 2.24) is 5.32 Å². The zero-order valence-electron chi connectivity index (χ0n) is 10.8. The average molecular weight is 213 g/mol. The van der Waals surface area contributed by atoms with Gasteiger partial charge in [0.25, 0.3) is 0 Å². The number of hydrogen-bond donors (Lipinski definition) is 1. The van der Waals surface area contributed by atoms with Crippen LogP contribution in [0.3, 0.4) is 0 Å². The van der Waals surface area contributed by atoms with E-state index in [-0.39, 0.29) is 5.60 Å². The van der Waals surface area contributed by atoms with Crippen LogP contribution in [0.25, 0.3) is 0 Å². The van der Waals surface area contributed by atoms with Crippen molar-refractivity contribution in [1.29, 1.82) is 0 Å². The van der Waals surface area contributed by atoms with Gasteiger partial charge in [-0.15, -0.1) is 0 Å². The zero-order chi connectivity index (χ0) is 11.3. The Morgan fingerprint density at radius 3 is 2.60 bits per heavy atom. The molecule has 1 aliphatic rings. The highest BCUT2D eigenvalue weighted by Crippen LogP contribution is 2.28. The van der Waals surface area contributed by atoms with Crippen molar-refractivity contribution in [3.63, 3.8) is 0 Å². The van der Waals surface area contributed by atoms with Gasteiger partial charge in [0.2, 0.25) is 0 Å². The van der Waals surface area contributed by atoms with Crippen molar-refractivity contribution in [3.8, 4) is 0 Å². The molecule has 2 atom stereocenters. The minimum Gasteiger partial charge on any atom is -0.371 e. The lowest BCUT2D eigenvalue weighted by molar-refractivity contribution is -0.0152. The van der Waals surface area contributed by atoms with E-state index in [0.29, 0.717) is 12.1 Å². The van der Waals surface area contributed by atoms with Crippen LogP contribution in [-0.4, -0.2) is 24.3 Å². The molecule has 0 saturated carbocycles. The number of nitrogens with one attached hydrogen (secondary N) is 1. The second-order valence-electron chi connectivity index (χ2n) is 5.34. The van der Waals surface area contributed by atoms with Crippen LogP contribution in [0.4, 0.5) is 0 Å². The maximum absolute atomic E-state index is 5.96. The molecular weight excluding hydrogens is 186 g/mol. The second-order valence-corrected chi connectivity index (χ2v) is 5.34. The molecule has 1 N–H and O–H groups in total. The van der Waals surface area contributed by atoms with E-state index in [1.54, 1.807) is 0 Å². The molecule has 1 rings (SSSR count). The van der Waals surface area contributed by atoms with Gasteiger partial charge in [-0.3, -0.25) is 0 Å². The van der Waals surface area contributed by atoms with E-state index in [1.165, 1.54) is 32.1 Å². The fraction of sp³-hybridized carbons (Fsp3) is 1.00. The van der Waals surface area contributed by atoms with Crippen molar-refractivity contribution in [2.24, 2.45) is 0 Å². The smallest absolute Gasteiger partial charge is 0.0707 e. The molecule has 2 heteroatoms. The van der Waals surface area contributed by atoms with Crippen molar-refractivity contribution >= 4 is 0 Å². The third-order valence-corrected chi connectivity index (χ3v) is 3.32. The lowest BCUT2D eigenvalue weighted by atomic mass is 10.1. The van der Waals surface area contributed by atoms with E-state index in [2.05, 4.69) is 33.0 Å². The molecule has 0 spiro atoms. The number of hydrogen-bond acceptors (Lipinski definition) is 2. The van der Waals surface area contributed by atoms with Gasteiger partial charge in [-0.1, -0.05) is 20.3 Å². The van der Waals surface area contributed by atoms with Crippen LogP contribution in [0.1, 0.15) is 59.8 Å². The molecule has 0 bridgehead atoms. The van der Waals surface area contributed by atoms with E-state index in [4.69, 9.17) is 4.74 Å². The highest BCUT2D eigenvalue weighted by molar-refractivity contribution is 4.82. The van der Waals surface area contributed by atoms with Crippen LogP contribution >= 0.6 is 0 Å². The van der Waals surface area contributed by atoms with Crippen LogP contribution in [0.5, 0.6) is 0 Å². The fourth-order valence-corrected chi connectivity index (χ4v) is 2.32. The summed E-state index contributed by atoms with van der Waals surface area (Å²) in [5, 5.41) is 3.63. The summed E-state index contributed by atoms with van der Waals surface area (Å²) in [5.74, 6) is 0. The highest BCUT2D eigenvalue weighted by atomic mass is 16.5. The molecule has 0 aliphatic carbocycles. The Morgan fingerprint density at radius 2 is 2.13 bits per heavy atom. The van der Waals surface area contributed by atoms with Crippen molar-refractivity contribution in [3.05, 3.63) is 0 Å².